The summed E-state index contributed by atoms with van der Waals surface area (Å²) < 4.78 is 0. The van der Waals surface area contributed by atoms with Gasteiger partial charge in [-0.3, -0.25) is 14.5 Å². The number of hydrazone groups is 1. The maximum Gasteiger partial charge on any atom is 0.254 e. The fraction of sp³-hybridized carbons (Fsp3) is 0.250. The summed E-state index contributed by atoms with van der Waals surface area (Å²) in [5.41, 5.74) is 5.71. The van der Waals surface area contributed by atoms with Crippen molar-refractivity contribution in [1.29, 1.82) is 5.26 Å². The molecule has 7 heteroatoms. The highest BCUT2D eigenvalue weighted by atomic mass is 16.2. The fourth-order valence-electron chi connectivity index (χ4n) is 3.36. The summed E-state index contributed by atoms with van der Waals surface area (Å²) in [5, 5.41) is 12.9. The molecule has 0 radical (unpaired) electrons. The van der Waals surface area contributed by atoms with Gasteiger partial charge in [-0.05, 0) is 47.9 Å². The van der Waals surface area contributed by atoms with Crippen LogP contribution in [0.1, 0.15) is 27.0 Å². The van der Waals surface area contributed by atoms with Gasteiger partial charge in [-0.25, -0.2) is 5.43 Å². The van der Waals surface area contributed by atoms with Crippen molar-refractivity contribution in [3.63, 3.8) is 0 Å². The average Bonchev–Trinajstić information content (AvgIpc) is 2.80. The maximum absolute atomic E-state index is 12.6. The summed E-state index contributed by atoms with van der Waals surface area (Å²) in [4.78, 5) is 28.5. The Labute approximate surface area is 182 Å². The Bertz CT molecular complexity index is 999. The Balaban J connectivity index is 1.43. The van der Waals surface area contributed by atoms with Gasteiger partial charge in [0.15, 0.2) is 0 Å². The van der Waals surface area contributed by atoms with E-state index in [0.717, 1.165) is 17.5 Å². The molecular weight excluding hydrogens is 390 g/mol. The van der Waals surface area contributed by atoms with Crippen molar-refractivity contribution in [2.75, 3.05) is 32.7 Å². The molecule has 0 bridgehead atoms. The van der Waals surface area contributed by atoms with Gasteiger partial charge in [0.1, 0.15) is 0 Å². The molecule has 1 aliphatic heterocycles. The lowest BCUT2D eigenvalue weighted by molar-refractivity contribution is -0.122. The van der Waals surface area contributed by atoms with E-state index in [4.69, 9.17) is 5.26 Å². The lowest BCUT2D eigenvalue weighted by Gasteiger charge is -2.34. The van der Waals surface area contributed by atoms with Crippen molar-refractivity contribution in [3.05, 3.63) is 83.4 Å². The van der Waals surface area contributed by atoms with Gasteiger partial charge in [0.05, 0.1) is 24.4 Å². The van der Waals surface area contributed by atoms with Gasteiger partial charge in [-0.1, -0.05) is 24.3 Å². The van der Waals surface area contributed by atoms with E-state index in [-0.39, 0.29) is 18.4 Å². The van der Waals surface area contributed by atoms with Crippen molar-refractivity contribution < 1.29 is 9.59 Å². The lowest BCUT2D eigenvalue weighted by Crippen LogP contribution is -2.50. The maximum atomic E-state index is 12.6. The number of carbonyl (C=O) groups excluding carboxylic acids is 2. The lowest BCUT2D eigenvalue weighted by atomic mass is 10.1. The zero-order valence-corrected chi connectivity index (χ0v) is 17.3. The molecule has 7 nitrogen and oxygen atoms in total. The summed E-state index contributed by atoms with van der Waals surface area (Å²) in [7, 11) is 0. The first-order valence-electron chi connectivity index (χ1n) is 10.1. The third kappa shape index (κ3) is 6.36. The molecule has 0 unspecified atom stereocenters. The van der Waals surface area contributed by atoms with Crippen LogP contribution >= 0.6 is 0 Å². The molecule has 0 spiro atoms. The Hall–Kier alpha value is -3.76. The standard InChI is InChI=1S/C24H25N5O2/c1-2-4-19-5-3-6-21(15-19)17-26-27-23(30)18-28-11-13-29(14-12-28)24(31)22-9-7-20(16-25)8-10-22/h2-3,5-10,15,17H,1,4,11-14,18H2,(H,27,30)/b26-17+. The summed E-state index contributed by atoms with van der Waals surface area (Å²) >= 11 is 0. The normalized spacial score (nSPS) is 14.2. The molecule has 31 heavy (non-hydrogen) atoms. The van der Waals surface area contributed by atoms with Gasteiger partial charge in [0, 0.05) is 31.7 Å². The van der Waals surface area contributed by atoms with Crippen LogP contribution in [0.25, 0.3) is 0 Å². The van der Waals surface area contributed by atoms with Crippen LogP contribution in [-0.2, 0) is 11.2 Å². The van der Waals surface area contributed by atoms with Crippen LogP contribution in [0.15, 0.2) is 66.3 Å². The second-order valence-electron chi connectivity index (χ2n) is 7.29. The van der Waals surface area contributed by atoms with Gasteiger partial charge in [-0.2, -0.15) is 10.4 Å². The summed E-state index contributed by atoms with van der Waals surface area (Å²) in [6.07, 6.45) is 4.25. The molecule has 1 saturated heterocycles. The zero-order valence-electron chi connectivity index (χ0n) is 17.3. The van der Waals surface area contributed by atoms with E-state index < -0.39 is 0 Å². The van der Waals surface area contributed by atoms with Crippen LogP contribution in [0.4, 0.5) is 0 Å². The van der Waals surface area contributed by atoms with Crippen molar-refractivity contribution in [3.8, 4) is 6.07 Å². The number of benzene rings is 2. The molecule has 1 fully saturated rings. The number of nitriles is 1. The van der Waals surface area contributed by atoms with Crippen molar-refractivity contribution in [2.45, 2.75) is 6.42 Å². The first kappa shape index (κ1) is 21.9. The van der Waals surface area contributed by atoms with E-state index in [0.29, 0.717) is 37.3 Å². The van der Waals surface area contributed by atoms with Crippen molar-refractivity contribution >= 4 is 18.0 Å². The first-order chi connectivity index (χ1) is 15.1. The minimum absolute atomic E-state index is 0.0584. The number of allylic oxidation sites excluding steroid dienone is 1. The van der Waals surface area contributed by atoms with Gasteiger partial charge < -0.3 is 4.90 Å². The highest BCUT2D eigenvalue weighted by Gasteiger charge is 2.23. The molecule has 2 amide bonds. The van der Waals surface area contributed by atoms with E-state index >= 15 is 0 Å². The highest BCUT2D eigenvalue weighted by molar-refractivity contribution is 5.94. The second-order valence-corrected chi connectivity index (χ2v) is 7.29. The van der Waals surface area contributed by atoms with E-state index in [1.807, 2.05) is 41.3 Å². The van der Waals surface area contributed by atoms with Gasteiger partial charge in [-0.15, -0.1) is 6.58 Å². The molecule has 3 rings (SSSR count). The molecule has 2 aromatic rings. The van der Waals surface area contributed by atoms with Crippen molar-refractivity contribution in [1.82, 2.24) is 15.2 Å². The molecule has 0 aromatic heterocycles. The molecule has 158 valence electrons. The number of carbonyl (C=O) groups is 2. The quantitative estimate of drug-likeness (QED) is 0.427. The topological polar surface area (TPSA) is 88.8 Å². The Morgan fingerprint density at radius 2 is 1.87 bits per heavy atom. The monoisotopic (exact) mass is 415 g/mol. The Kier molecular flexibility index (Phi) is 7.68. The number of amides is 2. The zero-order chi connectivity index (χ0) is 22.1. The smallest absolute Gasteiger partial charge is 0.254 e. The van der Waals surface area contributed by atoms with Crippen LogP contribution in [0.3, 0.4) is 0 Å². The largest absolute Gasteiger partial charge is 0.336 e. The summed E-state index contributed by atoms with van der Waals surface area (Å²) in [6.45, 7) is 6.29. The molecule has 0 aliphatic carbocycles. The number of piperazine rings is 1. The van der Waals surface area contributed by atoms with Gasteiger partial charge in [0.2, 0.25) is 0 Å². The highest BCUT2D eigenvalue weighted by Crippen LogP contribution is 2.10. The van der Waals surface area contributed by atoms with Crippen LogP contribution in [0.2, 0.25) is 0 Å². The van der Waals surface area contributed by atoms with E-state index in [2.05, 4.69) is 17.1 Å². The van der Waals surface area contributed by atoms with E-state index in [9.17, 15) is 9.59 Å². The number of rotatable bonds is 7. The van der Waals surface area contributed by atoms with Gasteiger partial charge >= 0.3 is 0 Å². The Morgan fingerprint density at radius 3 is 2.55 bits per heavy atom. The predicted molar refractivity (Wildman–Crippen MR) is 120 cm³/mol. The fourth-order valence-corrected chi connectivity index (χ4v) is 3.36. The first-order valence-corrected chi connectivity index (χ1v) is 10.1. The number of nitrogens with one attached hydrogen (secondary N) is 1. The number of hydrogen-bond donors (Lipinski definition) is 1. The van der Waals surface area contributed by atoms with E-state index in [1.54, 1.807) is 35.4 Å². The minimum Gasteiger partial charge on any atom is -0.336 e. The average molecular weight is 415 g/mol. The Morgan fingerprint density at radius 1 is 1.13 bits per heavy atom. The minimum atomic E-state index is -0.189. The molecule has 2 aromatic carbocycles. The SMILES string of the molecule is C=CCc1cccc(/C=N/NC(=O)CN2CCN(C(=O)c3ccc(C#N)cc3)CC2)c1. The van der Waals surface area contributed by atoms with E-state index in [1.165, 1.54) is 0 Å². The predicted octanol–water partition coefficient (Wildman–Crippen LogP) is 2.19. The molecule has 1 heterocycles. The number of nitrogens with zero attached hydrogens (tertiary/aromatic N) is 4. The molecule has 1 aliphatic rings. The molecule has 0 saturated carbocycles. The second kappa shape index (κ2) is 10.9. The van der Waals surface area contributed by atoms with Crippen LogP contribution < -0.4 is 5.43 Å². The van der Waals surface area contributed by atoms with Gasteiger partial charge in [0.25, 0.3) is 11.8 Å². The van der Waals surface area contributed by atoms with Crippen LogP contribution in [0.5, 0.6) is 0 Å². The molecule has 1 N–H and O–H groups in total. The molecular formula is C24H25N5O2. The van der Waals surface area contributed by atoms with Crippen molar-refractivity contribution in [2.24, 2.45) is 5.10 Å². The van der Waals surface area contributed by atoms with Crippen LogP contribution in [0, 0.1) is 11.3 Å². The molecule has 0 atom stereocenters. The number of hydrogen-bond acceptors (Lipinski definition) is 5. The summed E-state index contributed by atoms with van der Waals surface area (Å²) in [5.74, 6) is -0.248. The third-order valence-corrected chi connectivity index (χ3v) is 5.02. The summed E-state index contributed by atoms with van der Waals surface area (Å²) in [6, 6.07) is 16.6. The van der Waals surface area contributed by atoms with Crippen LogP contribution in [-0.4, -0.2) is 60.6 Å². The third-order valence-electron chi connectivity index (χ3n) is 5.02.